The topological polar surface area (TPSA) is 81.2 Å². The molecule has 3 aromatic rings. The van der Waals surface area contributed by atoms with Gasteiger partial charge < -0.3 is 14.3 Å². The molecular weight excluding hydrogens is 278 g/mol. The highest BCUT2D eigenvalue weighted by Gasteiger charge is 2.12. The lowest BCUT2D eigenvalue weighted by atomic mass is 10.3. The van der Waals surface area contributed by atoms with Gasteiger partial charge in [-0.25, -0.2) is 4.98 Å². The second-order valence-corrected chi connectivity index (χ2v) is 5.16. The van der Waals surface area contributed by atoms with Crippen molar-refractivity contribution in [1.82, 2.24) is 15.5 Å². The van der Waals surface area contributed by atoms with Gasteiger partial charge in [0.05, 0.1) is 17.8 Å². The Balaban J connectivity index is 1.63. The zero-order chi connectivity index (χ0) is 13.9. The van der Waals surface area contributed by atoms with Crippen LogP contribution in [0.25, 0.3) is 11.5 Å². The third-order valence-corrected chi connectivity index (χ3v) is 3.38. The highest BCUT2D eigenvalue weighted by molar-refractivity contribution is 7.09. The molecule has 0 bridgehead atoms. The quantitative estimate of drug-likeness (QED) is 0.798. The number of aromatic nitrogens is 2. The smallest absolute Gasteiger partial charge is 0.271 e. The molecule has 1 N–H and O–H groups in total. The van der Waals surface area contributed by atoms with E-state index >= 15 is 0 Å². The van der Waals surface area contributed by atoms with Gasteiger partial charge in [0.15, 0.2) is 5.76 Å². The first-order valence-corrected chi connectivity index (χ1v) is 6.80. The van der Waals surface area contributed by atoms with Gasteiger partial charge in [0.25, 0.3) is 5.91 Å². The van der Waals surface area contributed by atoms with E-state index in [-0.39, 0.29) is 12.5 Å². The van der Waals surface area contributed by atoms with E-state index in [9.17, 15) is 4.79 Å². The maximum absolute atomic E-state index is 11.8. The summed E-state index contributed by atoms with van der Waals surface area (Å²) < 4.78 is 10.3. The molecule has 0 aliphatic carbocycles. The van der Waals surface area contributed by atoms with Crippen molar-refractivity contribution in [1.29, 1.82) is 0 Å². The van der Waals surface area contributed by atoms with Gasteiger partial charge in [-0.2, -0.15) is 0 Å². The van der Waals surface area contributed by atoms with Crippen molar-refractivity contribution in [3.8, 4) is 11.5 Å². The maximum atomic E-state index is 11.8. The Morgan fingerprint density at radius 3 is 3.05 bits per heavy atom. The van der Waals surface area contributed by atoms with Crippen molar-refractivity contribution in [2.24, 2.45) is 0 Å². The molecule has 0 atom stereocenters. The summed E-state index contributed by atoms with van der Waals surface area (Å²) in [5, 5.41) is 9.20. The number of carbonyl (C=O) groups is 1. The van der Waals surface area contributed by atoms with E-state index in [1.54, 1.807) is 29.8 Å². The standard InChI is InChI=1S/C13H11N3O3S/c1-8-15-10(7-20-8)13(17)14-6-9-5-12(19-16-9)11-3-2-4-18-11/h2-5,7H,6H2,1H3,(H,14,17). The molecule has 20 heavy (non-hydrogen) atoms. The normalized spacial score (nSPS) is 10.7. The summed E-state index contributed by atoms with van der Waals surface area (Å²) in [7, 11) is 0. The fourth-order valence-corrected chi connectivity index (χ4v) is 2.25. The number of aryl methyl sites for hydroxylation is 1. The summed E-state index contributed by atoms with van der Waals surface area (Å²) in [6, 6.07) is 5.27. The van der Waals surface area contributed by atoms with Crippen LogP contribution in [0.4, 0.5) is 0 Å². The molecule has 0 fully saturated rings. The van der Waals surface area contributed by atoms with Gasteiger partial charge in [-0.05, 0) is 19.1 Å². The Morgan fingerprint density at radius 1 is 1.45 bits per heavy atom. The first-order valence-electron chi connectivity index (χ1n) is 5.92. The van der Waals surface area contributed by atoms with Crippen LogP contribution in [0.5, 0.6) is 0 Å². The lowest BCUT2D eigenvalue weighted by molar-refractivity contribution is 0.0945. The minimum Gasteiger partial charge on any atom is -0.461 e. The van der Waals surface area contributed by atoms with Crippen molar-refractivity contribution in [2.45, 2.75) is 13.5 Å². The van der Waals surface area contributed by atoms with E-state index in [1.165, 1.54) is 11.3 Å². The molecule has 0 unspecified atom stereocenters. The Labute approximate surface area is 118 Å². The number of nitrogens with one attached hydrogen (secondary N) is 1. The van der Waals surface area contributed by atoms with Gasteiger partial charge in [-0.1, -0.05) is 5.16 Å². The zero-order valence-electron chi connectivity index (χ0n) is 10.6. The molecule has 3 rings (SSSR count). The maximum Gasteiger partial charge on any atom is 0.271 e. The molecule has 0 aliphatic rings. The van der Waals surface area contributed by atoms with E-state index in [4.69, 9.17) is 8.94 Å². The molecule has 0 spiro atoms. The van der Waals surface area contributed by atoms with Gasteiger partial charge in [-0.3, -0.25) is 4.79 Å². The van der Waals surface area contributed by atoms with E-state index in [0.29, 0.717) is 22.9 Å². The SMILES string of the molecule is Cc1nc(C(=O)NCc2cc(-c3ccco3)on2)cs1. The van der Waals surface area contributed by atoms with Crippen LogP contribution in [0.3, 0.4) is 0 Å². The fraction of sp³-hybridized carbons (Fsp3) is 0.154. The number of nitrogens with zero attached hydrogens (tertiary/aromatic N) is 2. The Hall–Kier alpha value is -2.41. The number of thiazole rings is 1. The Kier molecular flexibility index (Phi) is 3.34. The van der Waals surface area contributed by atoms with Crippen LogP contribution < -0.4 is 5.32 Å². The first kappa shape index (κ1) is 12.6. The van der Waals surface area contributed by atoms with Gasteiger partial charge in [0, 0.05) is 11.4 Å². The van der Waals surface area contributed by atoms with Crippen LogP contribution in [0.15, 0.2) is 38.8 Å². The van der Waals surface area contributed by atoms with Gasteiger partial charge in [0.2, 0.25) is 5.76 Å². The van der Waals surface area contributed by atoms with Crippen LogP contribution >= 0.6 is 11.3 Å². The number of hydrogen-bond donors (Lipinski definition) is 1. The van der Waals surface area contributed by atoms with E-state index in [0.717, 1.165) is 5.01 Å². The number of carbonyl (C=O) groups excluding carboxylic acids is 1. The van der Waals surface area contributed by atoms with Crippen molar-refractivity contribution in [2.75, 3.05) is 0 Å². The summed E-state index contributed by atoms with van der Waals surface area (Å²) in [5.74, 6) is 0.908. The zero-order valence-corrected chi connectivity index (χ0v) is 11.4. The number of rotatable bonds is 4. The first-order chi connectivity index (χ1) is 9.72. The Morgan fingerprint density at radius 2 is 2.35 bits per heavy atom. The molecule has 0 saturated heterocycles. The summed E-state index contributed by atoms with van der Waals surface area (Å²) >= 11 is 1.44. The van der Waals surface area contributed by atoms with Crippen molar-refractivity contribution >= 4 is 17.2 Å². The fourth-order valence-electron chi connectivity index (χ4n) is 1.66. The molecule has 0 saturated carbocycles. The van der Waals surface area contributed by atoms with Crippen LogP contribution in [0, 0.1) is 6.92 Å². The second-order valence-electron chi connectivity index (χ2n) is 4.09. The summed E-state index contributed by atoms with van der Waals surface area (Å²) in [6.45, 7) is 2.13. The molecule has 102 valence electrons. The van der Waals surface area contributed by atoms with Crippen molar-refractivity contribution < 1.29 is 13.7 Å². The molecule has 0 aliphatic heterocycles. The summed E-state index contributed by atoms with van der Waals surface area (Å²) in [5.41, 5.74) is 1.04. The molecule has 7 heteroatoms. The number of hydrogen-bond acceptors (Lipinski definition) is 6. The Bertz CT molecular complexity index is 715. The monoisotopic (exact) mass is 289 g/mol. The van der Waals surface area contributed by atoms with E-state index in [2.05, 4.69) is 15.5 Å². The van der Waals surface area contributed by atoms with Gasteiger partial charge in [0.1, 0.15) is 11.4 Å². The third-order valence-electron chi connectivity index (χ3n) is 2.60. The minimum atomic E-state index is -0.225. The van der Waals surface area contributed by atoms with Gasteiger partial charge >= 0.3 is 0 Å². The predicted octanol–water partition coefficient (Wildman–Crippen LogP) is 2.63. The highest BCUT2D eigenvalue weighted by Crippen LogP contribution is 2.20. The van der Waals surface area contributed by atoms with E-state index < -0.39 is 0 Å². The highest BCUT2D eigenvalue weighted by atomic mass is 32.1. The molecular formula is C13H11N3O3S. The average molecular weight is 289 g/mol. The lowest BCUT2D eigenvalue weighted by Crippen LogP contribution is -2.23. The molecule has 3 aromatic heterocycles. The van der Waals surface area contributed by atoms with Crippen LogP contribution in [-0.4, -0.2) is 16.0 Å². The van der Waals surface area contributed by atoms with Crippen LogP contribution in [-0.2, 0) is 6.54 Å². The van der Waals surface area contributed by atoms with Crippen molar-refractivity contribution in [3.05, 3.63) is 46.2 Å². The minimum absolute atomic E-state index is 0.225. The van der Waals surface area contributed by atoms with E-state index in [1.807, 2.05) is 6.92 Å². The van der Waals surface area contributed by atoms with Gasteiger partial charge in [-0.15, -0.1) is 11.3 Å². The van der Waals surface area contributed by atoms with Crippen LogP contribution in [0.2, 0.25) is 0 Å². The molecule has 0 aromatic carbocycles. The molecule has 1 amide bonds. The largest absolute Gasteiger partial charge is 0.461 e. The second kappa shape index (κ2) is 5.30. The molecule has 3 heterocycles. The lowest BCUT2D eigenvalue weighted by Gasteiger charge is -1.98. The third kappa shape index (κ3) is 2.62. The average Bonchev–Trinajstić information content (AvgIpc) is 3.16. The number of furan rings is 1. The van der Waals surface area contributed by atoms with Crippen molar-refractivity contribution in [3.63, 3.8) is 0 Å². The molecule has 0 radical (unpaired) electrons. The van der Waals surface area contributed by atoms with Crippen LogP contribution in [0.1, 0.15) is 21.2 Å². The summed E-state index contributed by atoms with van der Waals surface area (Å²) in [6.07, 6.45) is 1.56. The number of amides is 1. The molecule has 6 nitrogen and oxygen atoms in total. The summed E-state index contributed by atoms with van der Waals surface area (Å²) in [4.78, 5) is 15.9. The predicted molar refractivity (Wildman–Crippen MR) is 72.2 cm³/mol.